The van der Waals surface area contributed by atoms with E-state index in [1.54, 1.807) is 30.4 Å². The van der Waals surface area contributed by atoms with Gasteiger partial charge in [0.15, 0.2) is 11.5 Å². The van der Waals surface area contributed by atoms with Crippen LogP contribution in [-0.4, -0.2) is 52.1 Å². The number of anilines is 2. The Labute approximate surface area is 196 Å². The van der Waals surface area contributed by atoms with Crippen molar-refractivity contribution in [2.45, 2.75) is 25.4 Å². The third kappa shape index (κ3) is 4.53. The average Bonchev–Trinajstić information content (AvgIpc) is 3.45. The summed E-state index contributed by atoms with van der Waals surface area (Å²) in [5, 5.41) is 7.86. The zero-order chi connectivity index (χ0) is 23.5. The van der Waals surface area contributed by atoms with Crippen LogP contribution in [-0.2, 0) is 6.54 Å². The smallest absolute Gasteiger partial charge is 0.417 e. The van der Waals surface area contributed by atoms with Crippen LogP contribution in [0.2, 0.25) is 0 Å². The molecular formula is C24H27N7O3. The van der Waals surface area contributed by atoms with E-state index in [1.165, 1.54) is 6.20 Å². The van der Waals surface area contributed by atoms with Crippen LogP contribution >= 0.6 is 0 Å². The number of fused-ring (bicyclic) bond motifs is 1. The lowest BCUT2D eigenvalue weighted by molar-refractivity contribution is 0.215. The van der Waals surface area contributed by atoms with E-state index in [2.05, 4.69) is 25.3 Å². The zero-order valence-corrected chi connectivity index (χ0v) is 18.9. The van der Waals surface area contributed by atoms with Gasteiger partial charge in [0.25, 0.3) is 0 Å². The molecule has 1 amide bonds. The van der Waals surface area contributed by atoms with E-state index in [-0.39, 0.29) is 6.04 Å². The van der Waals surface area contributed by atoms with Crippen LogP contribution in [0.15, 0.2) is 55.1 Å². The summed E-state index contributed by atoms with van der Waals surface area (Å²) in [6.45, 7) is 2.13. The summed E-state index contributed by atoms with van der Waals surface area (Å²) in [4.78, 5) is 22.5. The summed E-state index contributed by atoms with van der Waals surface area (Å²) in [5.74, 6) is 0.978. The van der Waals surface area contributed by atoms with Crippen LogP contribution in [0, 0.1) is 0 Å². The first-order valence-corrected chi connectivity index (χ1v) is 11.2. The van der Waals surface area contributed by atoms with Gasteiger partial charge in [0.05, 0.1) is 49.0 Å². The van der Waals surface area contributed by atoms with Crippen molar-refractivity contribution in [1.29, 1.82) is 0 Å². The summed E-state index contributed by atoms with van der Waals surface area (Å²) in [5.41, 5.74) is 9.38. The van der Waals surface area contributed by atoms with Gasteiger partial charge < -0.3 is 25.1 Å². The standard InChI is InChI=1S/C24H27N7O3/c1-33-20-12-27-23-21(22(20)30-9-5-8-17(25)14-30)19(11-26-23)29-24(32)34-18-10-28-31(15-18)13-16-6-3-2-4-7-16/h2-4,6-7,10-12,15,17H,5,8-9,13-14,25H2,1H3,(H,26,27)(H,29,32)/t17-/m1/s1. The molecule has 4 aromatic rings. The van der Waals surface area contributed by atoms with Crippen molar-refractivity contribution >= 4 is 28.5 Å². The highest BCUT2D eigenvalue weighted by molar-refractivity contribution is 6.07. The van der Waals surface area contributed by atoms with Gasteiger partial charge >= 0.3 is 6.09 Å². The van der Waals surface area contributed by atoms with Crippen molar-refractivity contribution in [2.24, 2.45) is 5.73 Å². The van der Waals surface area contributed by atoms with Crippen LogP contribution in [0.1, 0.15) is 18.4 Å². The maximum atomic E-state index is 12.7. The minimum absolute atomic E-state index is 0.0782. The molecule has 1 aliphatic rings. The Hall–Kier alpha value is -4.05. The third-order valence-corrected chi connectivity index (χ3v) is 5.88. The van der Waals surface area contributed by atoms with Crippen molar-refractivity contribution in [3.05, 3.63) is 60.7 Å². The van der Waals surface area contributed by atoms with Gasteiger partial charge in [-0.05, 0) is 18.4 Å². The molecule has 0 aliphatic carbocycles. The second-order valence-electron chi connectivity index (χ2n) is 8.32. The molecule has 34 heavy (non-hydrogen) atoms. The first kappa shape index (κ1) is 21.8. The number of carbonyl (C=O) groups excluding carboxylic acids is 1. The van der Waals surface area contributed by atoms with Gasteiger partial charge in [-0.15, -0.1) is 0 Å². The van der Waals surface area contributed by atoms with Gasteiger partial charge in [0.1, 0.15) is 5.65 Å². The number of amides is 1. The summed E-state index contributed by atoms with van der Waals surface area (Å²) in [7, 11) is 1.61. The van der Waals surface area contributed by atoms with Crippen LogP contribution in [0.3, 0.4) is 0 Å². The molecule has 3 aromatic heterocycles. The van der Waals surface area contributed by atoms with E-state index >= 15 is 0 Å². The van der Waals surface area contributed by atoms with E-state index in [4.69, 9.17) is 15.2 Å². The Morgan fingerprint density at radius 1 is 1.29 bits per heavy atom. The molecule has 0 unspecified atom stereocenters. The molecule has 1 atom stereocenters. The second kappa shape index (κ2) is 9.44. The number of piperidine rings is 1. The maximum Gasteiger partial charge on any atom is 0.417 e. The van der Waals surface area contributed by atoms with Gasteiger partial charge in [-0.2, -0.15) is 5.10 Å². The minimum atomic E-state index is -0.621. The van der Waals surface area contributed by atoms with E-state index in [1.807, 2.05) is 30.3 Å². The van der Waals surface area contributed by atoms with Crippen molar-refractivity contribution < 1.29 is 14.3 Å². The number of aromatic nitrogens is 4. The first-order valence-electron chi connectivity index (χ1n) is 11.2. The molecule has 1 saturated heterocycles. The normalized spacial score (nSPS) is 15.9. The van der Waals surface area contributed by atoms with Crippen LogP contribution in [0.5, 0.6) is 11.5 Å². The molecule has 176 valence electrons. The fraction of sp³-hybridized carbons (Fsp3) is 0.292. The summed E-state index contributed by atoms with van der Waals surface area (Å²) >= 11 is 0. The fourth-order valence-corrected chi connectivity index (χ4v) is 4.33. The Morgan fingerprint density at radius 3 is 2.94 bits per heavy atom. The Morgan fingerprint density at radius 2 is 2.15 bits per heavy atom. The monoisotopic (exact) mass is 461 g/mol. The number of carbonyl (C=O) groups is 1. The number of ether oxygens (including phenoxy) is 2. The predicted molar refractivity (Wildman–Crippen MR) is 129 cm³/mol. The number of hydrogen-bond donors (Lipinski definition) is 3. The summed E-state index contributed by atoms with van der Waals surface area (Å²) in [6, 6.07) is 10.0. The topological polar surface area (TPSA) is 123 Å². The number of rotatable bonds is 6. The van der Waals surface area contributed by atoms with Gasteiger partial charge in [-0.3, -0.25) is 10.00 Å². The molecule has 5 rings (SSSR count). The van der Waals surface area contributed by atoms with Gasteiger partial charge in [0.2, 0.25) is 0 Å². The fourth-order valence-electron chi connectivity index (χ4n) is 4.33. The summed E-state index contributed by atoms with van der Waals surface area (Å²) < 4.78 is 12.8. The first-order chi connectivity index (χ1) is 16.6. The number of nitrogens with zero attached hydrogens (tertiary/aromatic N) is 4. The molecule has 0 saturated carbocycles. The van der Waals surface area contributed by atoms with Crippen molar-refractivity contribution in [2.75, 3.05) is 30.4 Å². The molecule has 0 spiro atoms. The largest absolute Gasteiger partial charge is 0.493 e. The predicted octanol–water partition coefficient (Wildman–Crippen LogP) is 3.35. The number of nitrogens with one attached hydrogen (secondary N) is 2. The summed E-state index contributed by atoms with van der Waals surface area (Å²) in [6.07, 6.45) is 7.92. The number of methoxy groups -OCH3 is 1. The van der Waals surface area contributed by atoms with E-state index < -0.39 is 6.09 Å². The number of pyridine rings is 1. The molecule has 1 aromatic carbocycles. The molecule has 4 heterocycles. The SMILES string of the molecule is COc1cnc2[nH]cc(NC(=O)Oc3cnn(Cc4ccccc4)c3)c2c1N1CCC[C@@H](N)C1. The zero-order valence-electron chi connectivity index (χ0n) is 18.9. The van der Waals surface area contributed by atoms with E-state index in [0.717, 1.165) is 36.0 Å². The quantitative estimate of drug-likeness (QED) is 0.402. The van der Waals surface area contributed by atoms with Crippen molar-refractivity contribution in [3.63, 3.8) is 0 Å². The maximum absolute atomic E-state index is 12.7. The molecule has 10 heteroatoms. The molecule has 10 nitrogen and oxygen atoms in total. The number of nitrogens with two attached hydrogens (primary N) is 1. The highest BCUT2D eigenvalue weighted by Crippen LogP contribution is 2.40. The van der Waals surface area contributed by atoms with Crippen LogP contribution in [0.4, 0.5) is 16.2 Å². The number of aromatic amines is 1. The lowest BCUT2D eigenvalue weighted by Crippen LogP contribution is -2.43. The molecule has 0 radical (unpaired) electrons. The Bertz CT molecular complexity index is 1280. The lowest BCUT2D eigenvalue weighted by Gasteiger charge is -2.34. The molecule has 1 aliphatic heterocycles. The lowest BCUT2D eigenvalue weighted by atomic mass is 10.0. The Balaban J connectivity index is 1.35. The van der Waals surface area contributed by atoms with Gasteiger partial charge in [-0.25, -0.2) is 9.78 Å². The van der Waals surface area contributed by atoms with E-state index in [0.29, 0.717) is 35.9 Å². The molecular weight excluding hydrogens is 434 g/mol. The number of hydrogen-bond acceptors (Lipinski definition) is 7. The van der Waals surface area contributed by atoms with Gasteiger partial charge in [-0.1, -0.05) is 30.3 Å². The Kier molecular flexibility index (Phi) is 6.05. The molecule has 1 fully saturated rings. The number of benzene rings is 1. The van der Waals surface area contributed by atoms with Crippen LogP contribution < -0.4 is 25.4 Å². The van der Waals surface area contributed by atoms with E-state index in [9.17, 15) is 4.79 Å². The third-order valence-electron chi connectivity index (χ3n) is 5.88. The average molecular weight is 462 g/mol. The van der Waals surface area contributed by atoms with Crippen molar-refractivity contribution in [3.8, 4) is 11.5 Å². The second-order valence-corrected chi connectivity index (χ2v) is 8.32. The van der Waals surface area contributed by atoms with Gasteiger partial charge in [0, 0.05) is 25.3 Å². The molecule has 0 bridgehead atoms. The minimum Gasteiger partial charge on any atom is -0.493 e. The molecule has 4 N–H and O–H groups in total. The number of H-pyrrole nitrogens is 1. The van der Waals surface area contributed by atoms with Crippen LogP contribution in [0.25, 0.3) is 11.0 Å². The highest BCUT2D eigenvalue weighted by atomic mass is 16.6. The van der Waals surface area contributed by atoms with Crippen molar-refractivity contribution in [1.82, 2.24) is 19.7 Å². The highest BCUT2D eigenvalue weighted by Gasteiger charge is 2.25.